The van der Waals surface area contributed by atoms with E-state index in [9.17, 15) is 13.2 Å². The van der Waals surface area contributed by atoms with Gasteiger partial charge in [-0.25, -0.2) is 8.42 Å². The fourth-order valence-corrected chi connectivity index (χ4v) is 4.96. The molecule has 1 aliphatic rings. The number of likely N-dealkylation sites (N-methyl/N-ethyl adjacent to an activating group) is 1. The molecule has 0 radical (unpaired) electrons. The number of hydrogen-bond acceptors (Lipinski definition) is 5. The van der Waals surface area contributed by atoms with Gasteiger partial charge in [0.15, 0.2) is 5.65 Å². The molecule has 4 rings (SSSR count). The average molecular weight is 448 g/mol. The highest BCUT2D eigenvalue weighted by atomic mass is 35.5. The number of aromatic nitrogens is 3. The normalized spacial score (nSPS) is 17.6. The van der Waals surface area contributed by atoms with Gasteiger partial charge in [-0.2, -0.15) is 4.31 Å². The van der Waals surface area contributed by atoms with Crippen molar-refractivity contribution in [3.63, 3.8) is 0 Å². The van der Waals surface area contributed by atoms with Crippen molar-refractivity contribution in [2.24, 2.45) is 0 Å². The molecule has 3 heterocycles. The molecule has 1 aromatic carbocycles. The molecule has 1 atom stereocenters. The Kier molecular flexibility index (Phi) is 5.77. The van der Waals surface area contributed by atoms with Crippen molar-refractivity contribution in [1.29, 1.82) is 0 Å². The van der Waals surface area contributed by atoms with E-state index in [-0.39, 0.29) is 23.3 Å². The number of hydrogen-bond donors (Lipinski definition) is 0. The fraction of sp³-hybridized carbons (Fsp3) is 0.350. The molecule has 1 unspecified atom stereocenters. The van der Waals surface area contributed by atoms with Gasteiger partial charge in [0.25, 0.3) is 0 Å². The number of carbonyl (C=O) groups is 1. The quantitative estimate of drug-likeness (QED) is 0.599. The maximum absolute atomic E-state index is 12.9. The van der Waals surface area contributed by atoms with Crippen molar-refractivity contribution in [2.75, 3.05) is 26.7 Å². The number of likely N-dealkylation sites (tertiary alicyclic amines) is 1. The zero-order valence-electron chi connectivity index (χ0n) is 16.5. The minimum Gasteiger partial charge on any atom is -0.341 e. The van der Waals surface area contributed by atoms with E-state index in [0.29, 0.717) is 18.1 Å². The van der Waals surface area contributed by atoms with Gasteiger partial charge in [0.1, 0.15) is 5.82 Å². The first-order chi connectivity index (χ1) is 14.4. The van der Waals surface area contributed by atoms with E-state index < -0.39 is 10.0 Å². The van der Waals surface area contributed by atoms with Crippen LogP contribution >= 0.6 is 11.6 Å². The Balaban J connectivity index is 1.46. The lowest BCUT2D eigenvalue weighted by atomic mass is 9.97. The Labute approximate surface area is 180 Å². The SMILES string of the molecule is CN(CC(=O)N1CCCC(c2nnc3ccccn23)C1)S(=O)(=O)c1ccc(Cl)cc1. The summed E-state index contributed by atoms with van der Waals surface area (Å²) in [6.07, 6.45) is 3.64. The molecule has 2 aromatic heterocycles. The summed E-state index contributed by atoms with van der Waals surface area (Å²) >= 11 is 5.84. The summed E-state index contributed by atoms with van der Waals surface area (Å²) in [5.41, 5.74) is 0.768. The Morgan fingerprint density at radius 2 is 1.97 bits per heavy atom. The zero-order valence-corrected chi connectivity index (χ0v) is 18.1. The van der Waals surface area contributed by atoms with Crippen LogP contribution < -0.4 is 0 Å². The molecule has 0 bridgehead atoms. The molecule has 3 aromatic rings. The van der Waals surface area contributed by atoms with Gasteiger partial charge in [-0.05, 0) is 49.2 Å². The minimum absolute atomic E-state index is 0.0540. The number of fused-ring (bicyclic) bond motifs is 1. The molecule has 0 N–H and O–H groups in total. The van der Waals surface area contributed by atoms with Crippen LogP contribution in [-0.4, -0.2) is 64.8 Å². The highest BCUT2D eigenvalue weighted by molar-refractivity contribution is 7.89. The molecule has 0 saturated carbocycles. The number of nitrogens with zero attached hydrogens (tertiary/aromatic N) is 5. The summed E-state index contributed by atoms with van der Waals surface area (Å²) in [4.78, 5) is 14.7. The topological polar surface area (TPSA) is 87.9 Å². The van der Waals surface area contributed by atoms with E-state index in [1.807, 2.05) is 28.8 Å². The highest BCUT2D eigenvalue weighted by Crippen LogP contribution is 2.26. The maximum Gasteiger partial charge on any atom is 0.243 e. The summed E-state index contributed by atoms with van der Waals surface area (Å²) in [5.74, 6) is 0.650. The first-order valence-electron chi connectivity index (χ1n) is 9.65. The molecule has 0 spiro atoms. The molecule has 30 heavy (non-hydrogen) atoms. The molecule has 10 heteroatoms. The first kappa shape index (κ1) is 20.8. The van der Waals surface area contributed by atoms with Gasteiger partial charge < -0.3 is 4.90 Å². The minimum atomic E-state index is -3.77. The van der Waals surface area contributed by atoms with Crippen molar-refractivity contribution in [3.05, 3.63) is 59.5 Å². The number of piperidine rings is 1. The van der Waals surface area contributed by atoms with Crippen LogP contribution in [0.4, 0.5) is 0 Å². The monoisotopic (exact) mass is 447 g/mol. The number of amides is 1. The second-order valence-electron chi connectivity index (χ2n) is 7.38. The van der Waals surface area contributed by atoms with E-state index in [0.717, 1.165) is 28.6 Å². The standard InChI is InChI=1S/C20H22ClN5O3S/c1-24(30(28,29)17-9-7-16(21)8-10-17)14-19(27)25-11-4-5-15(13-25)20-23-22-18-6-2-3-12-26(18)20/h2-3,6-10,12,15H,4-5,11,13-14H2,1H3. The zero-order chi connectivity index (χ0) is 21.3. The van der Waals surface area contributed by atoms with Crippen LogP contribution in [0, 0.1) is 0 Å². The van der Waals surface area contributed by atoms with Crippen LogP contribution in [0.2, 0.25) is 5.02 Å². The van der Waals surface area contributed by atoms with E-state index in [2.05, 4.69) is 10.2 Å². The maximum atomic E-state index is 12.9. The highest BCUT2D eigenvalue weighted by Gasteiger charge is 2.30. The summed E-state index contributed by atoms with van der Waals surface area (Å²) in [5, 5.41) is 8.97. The molecule has 1 fully saturated rings. The lowest BCUT2D eigenvalue weighted by molar-refractivity contribution is -0.132. The van der Waals surface area contributed by atoms with Crippen LogP contribution in [0.1, 0.15) is 24.6 Å². The predicted molar refractivity (Wildman–Crippen MR) is 113 cm³/mol. The Morgan fingerprint density at radius 1 is 1.20 bits per heavy atom. The van der Waals surface area contributed by atoms with Crippen LogP contribution in [0.3, 0.4) is 0 Å². The van der Waals surface area contributed by atoms with Crippen molar-refractivity contribution < 1.29 is 13.2 Å². The third kappa shape index (κ3) is 4.05. The van der Waals surface area contributed by atoms with E-state index in [1.165, 1.54) is 31.3 Å². The van der Waals surface area contributed by atoms with Crippen molar-refractivity contribution in [2.45, 2.75) is 23.7 Å². The number of rotatable bonds is 5. The third-order valence-electron chi connectivity index (χ3n) is 5.36. The number of halogens is 1. The lowest BCUT2D eigenvalue weighted by Crippen LogP contribution is -2.45. The van der Waals surface area contributed by atoms with Crippen molar-refractivity contribution >= 4 is 33.2 Å². The largest absolute Gasteiger partial charge is 0.341 e. The van der Waals surface area contributed by atoms with Gasteiger partial charge in [-0.3, -0.25) is 9.20 Å². The first-order valence-corrected chi connectivity index (χ1v) is 11.5. The van der Waals surface area contributed by atoms with Crippen LogP contribution in [0.15, 0.2) is 53.6 Å². The number of pyridine rings is 1. The molecule has 0 aliphatic carbocycles. The molecule has 1 amide bonds. The Hall–Kier alpha value is -2.49. The van der Waals surface area contributed by atoms with Crippen molar-refractivity contribution in [3.8, 4) is 0 Å². The van der Waals surface area contributed by atoms with Gasteiger partial charge in [0.05, 0.1) is 11.4 Å². The summed E-state index contributed by atoms with van der Waals surface area (Å²) in [6, 6.07) is 11.6. The number of sulfonamides is 1. The number of carbonyl (C=O) groups excluding carboxylic acids is 1. The Bertz CT molecular complexity index is 1160. The molecular weight excluding hydrogens is 426 g/mol. The van der Waals surface area contributed by atoms with Crippen LogP contribution in [-0.2, 0) is 14.8 Å². The van der Waals surface area contributed by atoms with Gasteiger partial charge in [0, 0.05) is 37.3 Å². The summed E-state index contributed by atoms with van der Waals surface area (Å²) < 4.78 is 28.5. The van der Waals surface area contributed by atoms with Crippen LogP contribution in [0.5, 0.6) is 0 Å². The van der Waals surface area contributed by atoms with Crippen LogP contribution in [0.25, 0.3) is 5.65 Å². The molecule has 1 aliphatic heterocycles. The summed E-state index contributed by atoms with van der Waals surface area (Å²) in [7, 11) is -2.36. The van der Waals surface area contributed by atoms with Gasteiger partial charge in [0.2, 0.25) is 15.9 Å². The van der Waals surface area contributed by atoms with Crippen molar-refractivity contribution in [1.82, 2.24) is 23.8 Å². The molecule has 8 nitrogen and oxygen atoms in total. The average Bonchev–Trinajstić information content (AvgIpc) is 3.18. The van der Waals surface area contributed by atoms with E-state index >= 15 is 0 Å². The van der Waals surface area contributed by atoms with E-state index in [1.54, 1.807) is 4.90 Å². The lowest BCUT2D eigenvalue weighted by Gasteiger charge is -2.33. The molecular formula is C20H22ClN5O3S. The van der Waals surface area contributed by atoms with Gasteiger partial charge in [-0.1, -0.05) is 17.7 Å². The predicted octanol–water partition coefficient (Wildman–Crippen LogP) is 2.41. The summed E-state index contributed by atoms with van der Waals surface area (Å²) in [6.45, 7) is 0.864. The van der Waals surface area contributed by atoms with Gasteiger partial charge >= 0.3 is 0 Å². The number of benzene rings is 1. The smallest absolute Gasteiger partial charge is 0.243 e. The fourth-order valence-electron chi connectivity index (χ4n) is 3.71. The molecule has 158 valence electrons. The Morgan fingerprint density at radius 3 is 2.73 bits per heavy atom. The molecule has 1 saturated heterocycles. The van der Waals surface area contributed by atoms with Gasteiger partial charge in [-0.15, -0.1) is 10.2 Å². The second-order valence-corrected chi connectivity index (χ2v) is 9.86. The van der Waals surface area contributed by atoms with E-state index in [4.69, 9.17) is 11.6 Å². The second kappa shape index (κ2) is 8.33. The third-order valence-corrected chi connectivity index (χ3v) is 7.43.